The predicted molar refractivity (Wildman–Crippen MR) is 38.0 cm³/mol. The molecule has 0 aliphatic heterocycles. The molecular weight excluding hydrogens is 132 g/mol. The zero-order valence-electron chi connectivity index (χ0n) is 6.20. The number of carbonyl (C=O) groups is 1. The van der Waals surface area contributed by atoms with E-state index in [0.717, 1.165) is 0 Å². The van der Waals surface area contributed by atoms with E-state index < -0.39 is 6.16 Å². The highest BCUT2D eigenvalue weighted by molar-refractivity contribution is 5.57. The molecule has 0 aliphatic carbocycles. The van der Waals surface area contributed by atoms with Gasteiger partial charge >= 0.3 is 6.16 Å². The molecule has 0 aliphatic rings. The summed E-state index contributed by atoms with van der Waals surface area (Å²) in [5, 5.41) is 8.14. The number of carboxylic acid groups (broad SMARTS) is 1. The Morgan fingerprint density at radius 2 is 2.40 bits per heavy atom. The quantitative estimate of drug-likeness (QED) is 0.487. The molecular formula is C7H12O3. The molecule has 0 heterocycles. The molecule has 0 amide bonds. The van der Waals surface area contributed by atoms with Crippen molar-refractivity contribution in [3.8, 4) is 0 Å². The maximum atomic E-state index is 9.93. The van der Waals surface area contributed by atoms with Crippen molar-refractivity contribution in [3.63, 3.8) is 0 Å². The lowest BCUT2D eigenvalue weighted by atomic mass is 10.3. The van der Waals surface area contributed by atoms with E-state index in [1.54, 1.807) is 6.92 Å². The van der Waals surface area contributed by atoms with Crippen LogP contribution in [-0.4, -0.2) is 17.4 Å². The van der Waals surface area contributed by atoms with Crippen molar-refractivity contribution in [1.82, 2.24) is 0 Å². The molecule has 0 fully saturated rings. The van der Waals surface area contributed by atoms with E-state index in [-0.39, 0.29) is 6.10 Å². The highest BCUT2D eigenvalue weighted by Crippen LogP contribution is 1.98. The van der Waals surface area contributed by atoms with Crippen molar-refractivity contribution >= 4 is 6.16 Å². The smallest absolute Gasteiger partial charge is 0.450 e. The van der Waals surface area contributed by atoms with Crippen molar-refractivity contribution < 1.29 is 14.6 Å². The fraction of sp³-hybridized carbons (Fsp3) is 0.571. The fourth-order valence-corrected chi connectivity index (χ4v) is 0.548. The Morgan fingerprint density at radius 3 is 2.80 bits per heavy atom. The predicted octanol–water partition coefficient (Wildman–Crippen LogP) is 2.04. The van der Waals surface area contributed by atoms with E-state index in [1.165, 1.54) is 0 Å². The van der Waals surface area contributed by atoms with Gasteiger partial charge in [-0.2, -0.15) is 0 Å². The maximum absolute atomic E-state index is 9.93. The third kappa shape index (κ3) is 5.15. The largest absolute Gasteiger partial charge is 0.506 e. The lowest BCUT2D eigenvalue weighted by molar-refractivity contribution is 0.0602. The van der Waals surface area contributed by atoms with Crippen molar-refractivity contribution in [3.05, 3.63) is 12.2 Å². The highest BCUT2D eigenvalue weighted by atomic mass is 16.7. The molecule has 0 bridgehead atoms. The number of allylic oxidation sites excluding steroid dienone is 1. The van der Waals surface area contributed by atoms with Gasteiger partial charge in [-0.3, -0.25) is 0 Å². The Hall–Kier alpha value is -0.990. The topological polar surface area (TPSA) is 46.5 Å². The van der Waals surface area contributed by atoms with E-state index in [1.807, 2.05) is 19.1 Å². The van der Waals surface area contributed by atoms with Crippen LogP contribution >= 0.6 is 0 Å². The molecule has 0 saturated carbocycles. The first-order valence-electron chi connectivity index (χ1n) is 3.17. The summed E-state index contributed by atoms with van der Waals surface area (Å²) in [7, 11) is 0. The van der Waals surface area contributed by atoms with Gasteiger partial charge in [-0.25, -0.2) is 4.79 Å². The summed E-state index contributed by atoms with van der Waals surface area (Å²) >= 11 is 0. The fourth-order valence-electron chi connectivity index (χ4n) is 0.548. The lowest BCUT2D eigenvalue weighted by Gasteiger charge is -2.05. The van der Waals surface area contributed by atoms with E-state index in [9.17, 15) is 4.79 Å². The van der Waals surface area contributed by atoms with Crippen LogP contribution < -0.4 is 0 Å². The van der Waals surface area contributed by atoms with Crippen LogP contribution in [0.5, 0.6) is 0 Å². The normalized spacial score (nSPS) is 13.4. The minimum Gasteiger partial charge on any atom is -0.450 e. The van der Waals surface area contributed by atoms with E-state index in [4.69, 9.17) is 5.11 Å². The monoisotopic (exact) mass is 144 g/mol. The first-order valence-corrected chi connectivity index (χ1v) is 3.17. The molecule has 1 unspecified atom stereocenters. The molecule has 0 rings (SSSR count). The summed E-state index contributed by atoms with van der Waals surface area (Å²) in [4.78, 5) is 9.93. The van der Waals surface area contributed by atoms with Crippen LogP contribution in [-0.2, 0) is 4.74 Å². The second-order valence-corrected chi connectivity index (χ2v) is 2.00. The minimum atomic E-state index is -1.21. The van der Waals surface area contributed by atoms with Gasteiger partial charge in [0.1, 0.15) is 6.10 Å². The number of rotatable bonds is 3. The standard InChI is InChI=1S/C7H12O3/c1-3-4-5-6(2)10-7(8)9/h3-4,6H,5H2,1-2H3,(H,8,9)/b4-3+. The van der Waals surface area contributed by atoms with Crippen LogP contribution in [0.15, 0.2) is 12.2 Å². The third-order valence-corrected chi connectivity index (χ3v) is 1.01. The Balaban J connectivity index is 3.43. The van der Waals surface area contributed by atoms with Gasteiger partial charge in [-0.1, -0.05) is 12.2 Å². The Morgan fingerprint density at radius 1 is 1.80 bits per heavy atom. The molecule has 0 aromatic heterocycles. The summed E-state index contributed by atoms with van der Waals surface area (Å²) in [6.45, 7) is 3.60. The molecule has 0 spiro atoms. The van der Waals surface area contributed by atoms with E-state index >= 15 is 0 Å². The minimum absolute atomic E-state index is 0.242. The van der Waals surface area contributed by atoms with Gasteiger partial charge < -0.3 is 9.84 Å². The van der Waals surface area contributed by atoms with Crippen LogP contribution in [0, 0.1) is 0 Å². The Kier molecular flexibility index (Phi) is 4.37. The van der Waals surface area contributed by atoms with Crippen LogP contribution in [0.4, 0.5) is 4.79 Å². The molecule has 1 N–H and O–H groups in total. The van der Waals surface area contributed by atoms with E-state index in [2.05, 4.69) is 4.74 Å². The maximum Gasteiger partial charge on any atom is 0.506 e. The van der Waals surface area contributed by atoms with Gasteiger partial charge in [0, 0.05) is 6.42 Å². The summed E-state index contributed by atoms with van der Waals surface area (Å²) in [6.07, 6.45) is 2.92. The molecule has 58 valence electrons. The first kappa shape index (κ1) is 9.01. The summed E-state index contributed by atoms with van der Waals surface area (Å²) in [5.74, 6) is 0. The average Bonchev–Trinajstić information content (AvgIpc) is 1.82. The Labute approximate surface area is 60.3 Å². The number of ether oxygens (including phenoxy) is 1. The van der Waals surface area contributed by atoms with Crippen molar-refractivity contribution in [2.24, 2.45) is 0 Å². The third-order valence-electron chi connectivity index (χ3n) is 1.01. The SMILES string of the molecule is C/C=C/CC(C)OC(=O)O. The zero-order valence-corrected chi connectivity index (χ0v) is 6.20. The highest BCUT2D eigenvalue weighted by Gasteiger charge is 2.03. The van der Waals surface area contributed by atoms with Crippen LogP contribution in [0.2, 0.25) is 0 Å². The molecule has 0 aromatic carbocycles. The van der Waals surface area contributed by atoms with Crippen LogP contribution in [0.1, 0.15) is 20.3 Å². The van der Waals surface area contributed by atoms with Crippen molar-refractivity contribution in [2.75, 3.05) is 0 Å². The Bertz CT molecular complexity index is 129. The van der Waals surface area contributed by atoms with Gasteiger partial charge in [0.15, 0.2) is 0 Å². The van der Waals surface area contributed by atoms with E-state index in [0.29, 0.717) is 6.42 Å². The molecule has 0 aromatic rings. The van der Waals surface area contributed by atoms with Gasteiger partial charge in [-0.05, 0) is 13.8 Å². The molecule has 0 radical (unpaired) electrons. The van der Waals surface area contributed by atoms with Crippen molar-refractivity contribution in [2.45, 2.75) is 26.4 Å². The summed E-state index contributed by atoms with van der Waals surface area (Å²) < 4.78 is 4.42. The van der Waals surface area contributed by atoms with Crippen LogP contribution in [0.3, 0.4) is 0 Å². The van der Waals surface area contributed by atoms with Gasteiger partial charge in [-0.15, -0.1) is 0 Å². The van der Waals surface area contributed by atoms with Gasteiger partial charge in [0.25, 0.3) is 0 Å². The summed E-state index contributed by atoms with van der Waals surface area (Å²) in [5.41, 5.74) is 0. The van der Waals surface area contributed by atoms with Gasteiger partial charge in [0.2, 0.25) is 0 Å². The molecule has 10 heavy (non-hydrogen) atoms. The first-order chi connectivity index (χ1) is 4.66. The lowest BCUT2D eigenvalue weighted by Crippen LogP contribution is -2.11. The van der Waals surface area contributed by atoms with Crippen molar-refractivity contribution in [1.29, 1.82) is 0 Å². The number of hydrogen-bond donors (Lipinski definition) is 1. The number of hydrogen-bond acceptors (Lipinski definition) is 2. The second kappa shape index (κ2) is 4.85. The summed E-state index contributed by atoms with van der Waals surface area (Å²) in [6, 6.07) is 0. The molecule has 3 nitrogen and oxygen atoms in total. The second-order valence-electron chi connectivity index (χ2n) is 2.00. The van der Waals surface area contributed by atoms with Gasteiger partial charge in [0.05, 0.1) is 0 Å². The zero-order chi connectivity index (χ0) is 7.98. The molecule has 0 saturated heterocycles. The van der Waals surface area contributed by atoms with Crippen LogP contribution in [0.25, 0.3) is 0 Å². The molecule has 1 atom stereocenters. The average molecular weight is 144 g/mol. The molecule has 3 heteroatoms.